The van der Waals surface area contributed by atoms with Gasteiger partial charge in [-0.3, -0.25) is 40.0 Å². The highest BCUT2D eigenvalue weighted by molar-refractivity contribution is 7.90. The van der Waals surface area contributed by atoms with Crippen molar-refractivity contribution in [1.29, 1.82) is 0 Å². The van der Waals surface area contributed by atoms with Crippen molar-refractivity contribution in [3.63, 3.8) is 0 Å². The van der Waals surface area contributed by atoms with E-state index in [1.54, 1.807) is 30.5 Å². The molecule has 4 saturated heterocycles. The van der Waals surface area contributed by atoms with E-state index in [-0.39, 0.29) is 49.6 Å². The van der Waals surface area contributed by atoms with E-state index < -0.39 is 89.5 Å². The molecule has 2 aromatic heterocycles. The van der Waals surface area contributed by atoms with Gasteiger partial charge in [0.15, 0.2) is 0 Å². The Bertz CT molecular complexity index is 4720. The zero-order valence-corrected chi connectivity index (χ0v) is 60.0. The van der Waals surface area contributed by atoms with Crippen LogP contribution in [0.25, 0.3) is 16.6 Å². The van der Waals surface area contributed by atoms with Crippen LogP contribution in [0.3, 0.4) is 0 Å². The number of rotatable bonds is 21. The van der Waals surface area contributed by atoms with Crippen LogP contribution in [0, 0.1) is 59.3 Å². The molecule has 0 bridgehead atoms. The molecule has 6 heterocycles. The van der Waals surface area contributed by atoms with Gasteiger partial charge in [0.2, 0.25) is 25.9 Å². The number of fused-ring (bicyclic) bond motifs is 1. The van der Waals surface area contributed by atoms with Crippen molar-refractivity contribution < 1.29 is 81.3 Å². The fraction of sp³-hybridized carbons (Fsp3) is 0.403. The summed E-state index contributed by atoms with van der Waals surface area (Å²) in [5.74, 6) is -0.663. The summed E-state index contributed by atoms with van der Waals surface area (Å²) in [6.45, 7) is 13.4. The maximum absolute atomic E-state index is 13.9. The van der Waals surface area contributed by atoms with Gasteiger partial charge in [-0.25, -0.2) is 45.2 Å². The first kappa shape index (κ1) is 80.1. The maximum Gasteiger partial charge on any atom is 0.416 e. The Hall–Kier alpha value is -9.02. The molecule has 12 rings (SSSR count). The number of nitrogens with zero attached hydrogens (tertiary/aromatic N) is 6. The first-order valence-electron chi connectivity index (χ1n) is 32.9. The third kappa shape index (κ3) is 21.8. The SMILES string of the molecule is CC1(C)CCC(CN2CCN(c3ccc(C(=O)NS(=O)(=O)c4ccc(NC[C@@H]5CCOC5)c([N+](=O)[O-])c4)c(Oc4cnc5[nH]ccc5c4)c3)CC2)=C(c2ccc(C(F)(F)F)cc2Cl)C1.NC[C@@H]1CCOC1.NS(=O)(=O)c1ccc(F)c([N+](=O)[O-])c1.NS(=O)(=O)c1ccc(NC[C@@H]2CCOC2)c([N+](=O)[O-])c1. The molecular formula is C67H78ClF4N13O17S3. The maximum atomic E-state index is 13.9. The highest BCUT2D eigenvalue weighted by Crippen LogP contribution is 2.46. The van der Waals surface area contributed by atoms with Crippen molar-refractivity contribution in [3.8, 4) is 11.5 Å². The molecule has 4 fully saturated rings. The minimum absolute atomic E-state index is 0.0469. The van der Waals surface area contributed by atoms with Crippen LogP contribution >= 0.6 is 11.6 Å². The van der Waals surface area contributed by atoms with Crippen molar-refractivity contribution in [2.24, 2.45) is 39.2 Å². The van der Waals surface area contributed by atoms with Crippen molar-refractivity contribution in [2.75, 3.05) is 108 Å². The van der Waals surface area contributed by atoms with E-state index in [1.807, 2.05) is 0 Å². The summed E-state index contributed by atoms with van der Waals surface area (Å²) in [5, 5.41) is 49.7. The molecule has 0 radical (unpaired) electrons. The number of aromatic nitrogens is 2. The van der Waals surface area contributed by atoms with Crippen molar-refractivity contribution >= 4 is 98.3 Å². The minimum atomic E-state index is -4.61. The number of sulfonamides is 3. The number of hydrogen-bond donors (Lipinski definition) is 7. The average Bonchev–Trinajstić information content (AvgIpc) is 0.825. The number of amides is 1. The number of alkyl halides is 3. The third-order valence-corrected chi connectivity index (χ3v) is 21.4. The van der Waals surface area contributed by atoms with Crippen LogP contribution in [-0.2, 0) is 50.5 Å². The number of carbonyl (C=O) groups is 1. The number of hydrogen-bond acceptors (Lipinski definition) is 23. The van der Waals surface area contributed by atoms with E-state index in [2.05, 4.69) is 49.0 Å². The number of anilines is 3. The number of H-pyrrole nitrogens is 1. The normalized spacial score (nSPS) is 18.4. The van der Waals surface area contributed by atoms with Gasteiger partial charge >= 0.3 is 11.9 Å². The van der Waals surface area contributed by atoms with Crippen LogP contribution in [0.5, 0.6) is 11.5 Å². The first-order chi connectivity index (χ1) is 49.5. The quantitative estimate of drug-likeness (QED) is 0.0200. The number of piperazine rings is 1. The topological polar surface area (TPSA) is 435 Å². The van der Waals surface area contributed by atoms with Crippen LogP contribution in [0.1, 0.15) is 73.9 Å². The molecule has 4 aliphatic heterocycles. The number of benzene rings is 5. The van der Waals surface area contributed by atoms with Gasteiger partial charge in [-0.15, -0.1) is 0 Å². The molecule has 1 amide bonds. The Kier molecular flexibility index (Phi) is 26.3. The van der Waals surface area contributed by atoms with Crippen LogP contribution < -0.4 is 41.0 Å². The van der Waals surface area contributed by atoms with Crippen molar-refractivity contribution in [3.05, 3.63) is 179 Å². The van der Waals surface area contributed by atoms with Crippen LogP contribution in [0.4, 0.5) is 51.7 Å². The number of carbonyl (C=O) groups excluding carboxylic acids is 1. The summed E-state index contributed by atoms with van der Waals surface area (Å²) < 4.78 is 148. The number of allylic oxidation sites excluding steroid dienone is 1. The molecule has 1 aliphatic carbocycles. The summed E-state index contributed by atoms with van der Waals surface area (Å²) in [5.41, 5.74) is 7.25. The number of nitro benzene ring substituents is 3. The average molecular weight is 1550 g/mol. The summed E-state index contributed by atoms with van der Waals surface area (Å²) in [7, 11) is -12.6. The van der Waals surface area contributed by atoms with Gasteiger partial charge in [0, 0.05) is 124 Å². The summed E-state index contributed by atoms with van der Waals surface area (Å²) >= 11 is 6.53. The van der Waals surface area contributed by atoms with E-state index in [4.69, 9.17) is 46.6 Å². The molecule has 3 atom stereocenters. The predicted octanol–water partition coefficient (Wildman–Crippen LogP) is 10.3. The van der Waals surface area contributed by atoms with Gasteiger partial charge < -0.3 is 45.2 Å². The molecule has 5 aliphatic rings. The Labute approximate surface area is 606 Å². The zero-order valence-electron chi connectivity index (χ0n) is 56.8. The van der Waals surface area contributed by atoms with Crippen molar-refractivity contribution in [1.82, 2.24) is 19.6 Å². The number of primary sulfonamides is 2. The molecule has 0 unspecified atom stereocenters. The van der Waals surface area contributed by atoms with E-state index in [1.165, 1.54) is 42.6 Å². The van der Waals surface area contributed by atoms with Gasteiger partial charge in [-0.2, -0.15) is 17.6 Å². The smallest absolute Gasteiger partial charge is 0.416 e. The lowest BCUT2D eigenvalue weighted by Gasteiger charge is -2.39. The highest BCUT2D eigenvalue weighted by atomic mass is 35.5. The highest BCUT2D eigenvalue weighted by Gasteiger charge is 2.35. The van der Waals surface area contributed by atoms with Gasteiger partial charge in [-0.05, 0) is 140 Å². The second-order valence-corrected chi connectivity index (χ2v) is 31.4. The molecule has 5 aromatic carbocycles. The third-order valence-electron chi connectivity index (χ3n) is 18.0. The first-order valence-corrected chi connectivity index (χ1v) is 37.9. The monoisotopic (exact) mass is 1540 g/mol. The Morgan fingerprint density at radius 1 is 0.724 bits per heavy atom. The predicted molar refractivity (Wildman–Crippen MR) is 382 cm³/mol. The van der Waals surface area contributed by atoms with Crippen molar-refractivity contribution in [2.45, 2.75) is 73.2 Å². The Morgan fingerprint density at radius 3 is 1.80 bits per heavy atom. The molecule has 10 N–H and O–H groups in total. The van der Waals surface area contributed by atoms with Gasteiger partial charge in [0.05, 0.1) is 66.6 Å². The summed E-state index contributed by atoms with van der Waals surface area (Å²) in [6.07, 6.45) is 3.97. The van der Waals surface area contributed by atoms with Gasteiger partial charge in [-0.1, -0.05) is 37.1 Å². The summed E-state index contributed by atoms with van der Waals surface area (Å²) in [6, 6.07) is 21.0. The number of pyridine rings is 1. The second kappa shape index (κ2) is 34.5. The number of halogens is 5. The van der Waals surface area contributed by atoms with E-state index in [0.717, 1.165) is 98.7 Å². The standard InChI is InChI=1S/C45H47ClF3N7O7S.C11H15N3O5S.C6H5FN2O4S.C5H11NO/c1-44(2)12-9-30(37(23-44)35-6-3-31(20-38(35)46)45(47,48)49)26-54-14-16-55(17-15-54)32-4-7-36(41(21-32)63-33-19-29-10-13-50-42(29)52-25-33)43(57)53-64(60,61)34-5-8-39(40(22-34)56(58)59)51-24-28-11-18-62-27-28;12-20(17,18)9-1-2-10(11(5-9)14(15)16)13-6-8-3-4-19-7-8;7-5-2-1-4(14(8,12)13)3-6(5)9(10)11;6-3-5-1-2-7-4-5/h3-8,10,13,19-22,25,28,51H,9,11-12,14-18,23-24,26-27H2,1-2H3,(H,50,52)(H,53,57);1-2,5,8,13H,3-4,6-7H2,(H2,12,17,18);1-3H,(H2,8,12,13);5H,1-4,6H2/t28-;8-;;5-/m00.0/s1. The number of aromatic amines is 1. The minimum Gasteiger partial charge on any atom is -0.455 e. The van der Waals surface area contributed by atoms with Crippen LogP contribution in [0.15, 0.2) is 136 Å². The molecule has 0 spiro atoms. The Balaban J connectivity index is 0.000000249. The van der Waals surface area contributed by atoms with Gasteiger partial charge in [0.25, 0.3) is 27.3 Å². The zero-order chi connectivity index (χ0) is 76.2. The molecule has 30 nitrogen and oxygen atoms in total. The molecule has 566 valence electrons. The molecule has 38 heteroatoms. The van der Waals surface area contributed by atoms with Crippen LogP contribution in [-0.4, -0.2) is 153 Å². The summed E-state index contributed by atoms with van der Waals surface area (Å²) in [4.78, 5) is 55.4. The fourth-order valence-electron chi connectivity index (χ4n) is 12.0. The molecular weight excluding hydrogens is 1470 g/mol. The number of nitrogens with two attached hydrogens (primary N) is 3. The number of ether oxygens (including phenoxy) is 4. The Morgan fingerprint density at radius 2 is 1.28 bits per heavy atom. The lowest BCUT2D eigenvalue weighted by molar-refractivity contribution is -0.387. The van der Waals surface area contributed by atoms with E-state index in [9.17, 15) is 78.0 Å². The molecule has 7 aromatic rings. The largest absolute Gasteiger partial charge is 0.455 e. The number of nitrogens with one attached hydrogen (secondary N) is 4. The second-order valence-electron chi connectivity index (χ2n) is 26.2. The van der Waals surface area contributed by atoms with E-state index >= 15 is 0 Å². The van der Waals surface area contributed by atoms with Gasteiger partial charge in [0.1, 0.15) is 28.5 Å². The number of nitro groups is 3. The lowest BCUT2D eigenvalue weighted by atomic mass is 9.72. The molecule has 105 heavy (non-hydrogen) atoms. The van der Waals surface area contributed by atoms with Crippen LogP contribution in [0.2, 0.25) is 5.02 Å². The fourth-order valence-corrected chi connectivity index (χ4v) is 14.4. The molecule has 0 saturated carbocycles. The van der Waals surface area contributed by atoms with E-state index in [0.29, 0.717) is 125 Å². The lowest BCUT2D eigenvalue weighted by Crippen LogP contribution is -2.47.